The van der Waals surface area contributed by atoms with Crippen molar-refractivity contribution in [1.82, 2.24) is 4.98 Å². The minimum atomic E-state index is -4.48. The summed E-state index contributed by atoms with van der Waals surface area (Å²) in [4.78, 5) is 16.3. The highest BCUT2D eigenvalue weighted by Crippen LogP contribution is 2.39. The second-order valence-corrected chi connectivity index (χ2v) is 6.38. The van der Waals surface area contributed by atoms with E-state index in [1.54, 1.807) is 12.1 Å². The zero-order valence-corrected chi connectivity index (χ0v) is 13.7. The maximum atomic E-state index is 12.7. The Morgan fingerprint density at radius 2 is 1.88 bits per heavy atom. The van der Waals surface area contributed by atoms with E-state index in [1.807, 2.05) is 0 Å². The monoisotopic (exact) mass is 381 g/mol. The number of urea groups is 1. The van der Waals surface area contributed by atoms with Gasteiger partial charge >= 0.3 is 12.2 Å². The number of carbonyl (C=O) groups is 1. The average molecular weight is 381 g/mol. The lowest BCUT2D eigenvalue weighted by Gasteiger charge is -2.09. The summed E-state index contributed by atoms with van der Waals surface area (Å²) in [6.07, 6.45) is -4.48. The van der Waals surface area contributed by atoms with Crippen molar-refractivity contribution in [3.05, 3.63) is 42.0 Å². The van der Waals surface area contributed by atoms with Crippen molar-refractivity contribution in [2.75, 3.05) is 17.4 Å². The van der Waals surface area contributed by atoms with Crippen LogP contribution in [0.1, 0.15) is 5.56 Å². The molecule has 1 aliphatic heterocycles. The molecule has 2 aromatic carbocycles. The molecule has 134 valence electrons. The topological polar surface area (TPSA) is 72.5 Å². The summed E-state index contributed by atoms with van der Waals surface area (Å²) >= 11 is 1.21. The molecule has 0 atom stereocenters. The van der Waals surface area contributed by atoms with E-state index in [2.05, 4.69) is 15.6 Å². The van der Waals surface area contributed by atoms with Gasteiger partial charge in [-0.05, 0) is 18.2 Å². The molecule has 10 heteroatoms. The van der Waals surface area contributed by atoms with E-state index in [0.717, 1.165) is 16.8 Å². The number of thiazole rings is 1. The Balaban J connectivity index is 1.49. The highest BCUT2D eigenvalue weighted by Gasteiger charge is 2.30. The molecule has 1 aliphatic rings. The summed E-state index contributed by atoms with van der Waals surface area (Å²) in [5, 5.41) is 5.17. The first-order valence-electron chi connectivity index (χ1n) is 7.34. The van der Waals surface area contributed by atoms with Gasteiger partial charge in [-0.25, -0.2) is 9.78 Å². The minimum absolute atomic E-state index is 0.0270. The fraction of sp³-hybridized carbons (Fsp3) is 0.125. The fourth-order valence-corrected chi connectivity index (χ4v) is 3.28. The van der Waals surface area contributed by atoms with Crippen LogP contribution in [0.5, 0.6) is 11.5 Å². The van der Waals surface area contributed by atoms with E-state index in [4.69, 9.17) is 9.47 Å². The van der Waals surface area contributed by atoms with Crippen LogP contribution >= 0.6 is 11.3 Å². The van der Waals surface area contributed by atoms with Gasteiger partial charge in [0.05, 0.1) is 15.8 Å². The molecule has 4 rings (SSSR count). The predicted molar refractivity (Wildman–Crippen MR) is 89.8 cm³/mol. The molecule has 0 radical (unpaired) electrons. The molecule has 0 fully saturated rings. The summed E-state index contributed by atoms with van der Waals surface area (Å²) in [6, 6.07) is 7.14. The third-order valence-electron chi connectivity index (χ3n) is 3.55. The summed E-state index contributed by atoms with van der Waals surface area (Å²) in [6.45, 7) is 0.150. The van der Waals surface area contributed by atoms with Gasteiger partial charge in [-0.1, -0.05) is 17.4 Å². The van der Waals surface area contributed by atoms with Gasteiger partial charge in [0, 0.05) is 17.8 Å². The number of alkyl halides is 3. The van der Waals surface area contributed by atoms with Crippen LogP contribution in [-0.4, -0.2) is 17.8 Å². The summed E-state index contributed by atoms with van der Waals surface area (Å²) < 4.78 is 49.5. The molecule has 0 saturated carbocycles. The van der Waals surface area contributed by atoms with Crippen molar-refractivity contribution in [2.45, 2.75) is 6.18 Å². The Morgan fingerprint density at radius 1 is 1.12 bits per heavy atom. The van der Waals surface area contributed by atoms with E-state index < -0.39 is 17.8 Å². The first-order chi connectivity index (χ1) is 12.4. The molecule has 2 amide bonds. The van der Waals surface area contributed by atoms with Crippen LogP contribution < -0.4 is 20.1 Å². The zero-order chi connectivity index (χ0) is 18.3. The van der Waals surface area contributed by atoms with Crippen LogP contribution in [0.2, 0.25) is 0 Å². The number of anilines is 2. The van der Waals surface area contributed by atoms with Crippen LogP contribution in [0.15, 0.2) is 36.4 Å². The maximum Gasteiger partial charge on any atom is 0.416 e. The predicted octanol–water partition coefficient (Wildman–Crippen LogP) is 4.69. The number of aromatic nitrogens is 1. The molecule has 2 N–H and O–H groups in total. The Hall–Kier alpha value is -3.01. The van der Waals surface area contributed by atoms with Crippen molar-refractivity contribution in [3.63, 3.8) is 0 Å². The van der Waals surface area contributed by atoms with E-state index >= 15 is 0 Å². The Morgan fingerprint density at radius 3 is 2.65 bits per heavy atom. The normalized spacial score (nSPS) is 13.0. The standard InChI is InChI=1S/C16H10F3N3O3S/c17-16(18,19)8-2-1-3-9(4-8)20-14(23)22-15-21-10-5-11-12(25-7-24-11)6-13(10)26-15/h1-6H,7H2,(H2,20,21,22,23). The lowest BCUT2D eigenvalue weighted by atomic mass is 10.2. The molecule has 26 heavy (non-hydrogen) atoms. The van der Waals surface area contributed by atoms with Crippen molar-refractivity contribution >= 4 is 38.4 Å². The molecule has 0 aliphatic carbocycles. The maximum absolute atomic E-state index is 12.7. The third-order valence-corrected chi connectivity index (χ3v) is 4.48. The number of halogens is 3. The number of benzene rings is 2. The van der Waals surface area contributed by atoms with Crippen LogP contribution in [0.4, 0.5) is 28.8 Å². The second kappa shape index (κ2) is 6.06. The van der Waals surface area contributed by atoms with Gasteiger partial charge in [-0.2, -0.15) is 13.2 Å². The van der Waals surface area contributed by atoms with Gasteiger partial charge < -0.3 is 14.8 Å². The fourth-order valence-electron chi connectivity index (χ4n) is 2.40. The Labute approximate surface area is 148 Å². The van der Waals surface area contributed by atoms with Crippen molar-refractivity contribution in [2.24, 2.45) is 0 Å². The lowest BCUT2D eigenvalue weighted by Crippen LogP contribution is -2.19. The molecular weight excluding hydrogens is 371 g/mol. The van der Waals surface area contributed by atoms with Crippen molar-refractivity contribution in [3.8, 4) is 11.5 Å². The molecule has 2 heterocycles. The number of hydrogen-bond acceptors (Lipinski definition) is 5. The van der Waals surface area contributed by atoms with Gasteiger partial charge in [0.25, 0.3) is 0 Å². The van der Waals surface area contributed by atoms with Crippen LogP contribution in [0.25, 0.3) is 10.2 Å². The third kappa shape index (κ3) is 3.23. The van der Waals surface area contributed by atoms with E-state index in [-0.39, 0.29) is 12.5 Å². The molecule has 0 unspecified atom stereocenters. The zero-order valence-electron chi connectivity index (χ0n) is 12.9. The summed E-state index contributed by atoms with van der Waals surface area (Å²) in [5.74, 6) is 1.17. The Kier molecular flexibility index (Phi) is 3.83. The van der Waals surface area contributed by atoms with E-state index in [0.29, 0.717) is 22.1 Å². The van der Waals surface area contributed by atoms with Gasteiger partial charge in [0.2, 0.25) is 6.79 Å². The Bertz CT molecular complexity index is 962. The molecule has 3 aromatic rings. The van der Waals surface area contributed by atoms with Crippen molar-refractivity contribution in [1.29, 1.82) is 0 Å². The number of hydrogen-bond donors (Lipinski definition) is 2. The number of fused-ring (bicyclic) bond motifs is 2. The molecule has 6 nitrogen and oxygen atoms in total. The largest absolute Gasteiger partial charge is 0.454 e. The quantitative estimate of drug-likeness (QED) is 0.676. The van der Waals surface area contributed by atoms with Gasteiger partial charge in [-0.3, -0.25) is 5.32 Å². The van der Waals surface area contributed by atoms with Crippen LogP contribution in [0.3, 0.4) is 0 Å². The molecule has 0 saturated heterocycles. The van der Waals surface area contributed by atoms with Gasteiger partial charge in [0.1, 0.15) is 0 Å². The highest BCUT2D eigenvalue weighted by molar-refractivity contribution is 7.22. The summed E-state index contributed by atoms with van der Waals surface area (Å²) in [7, 11) is 0. The minimum Gasteiger partial charge on any atom is -0.454 e. The number of carbonyl (C=O) groups excluding carboxylic acids is 1. The summed E-state index contributed by atoms with van der Waals surface area (Å²) in [5.41, 5.74) is -0.197. The average Bonchev–Trinajstić information content (AvgIpc) is 3.16. The van der Waals surface area contributed by atoms with E-state index in [9.17, 15) is 18.0 Å². The smallest absolute Gasteiger partial charge is 0.416 e. The molecule has 0 bridgehead atoms. The van der Waals surface area contributed by atoms with Crippen LogP contribution in [-0.2, 0) is 6.18 Å². The van der Waals surface area contributed by atoms with Gasteiger partial charge in [-0.15, -0.1) is 0 Å². The van der Waals surface area contributed by atoms with Crippen molar-refractivity contribution < 1.29 is 27.4 Å². The SMILES string of the molecule is O=C(Nc1cccc(C(F)(F)F)c1)Nc1nc2cc3c(cc2s1)OCO3. The molecule has 0 spiro atoms. The lowest BCUT2D eigenvalue weighted by molar-refractivity contribution is -0.137. The first-order valence-corrected chi connectivity index (χ1v) is 8.15. The van der Waals surface area contributed by atoms with Crippen LogP contribution in [0, 0.1) is 0 Å². The van der Waals surface area contributed by atoms with E-state index in [1.165, 1.54) is 23.5 Å². The second-order valence-electron chi connectivity index (χ2n) is 5.35. The highest BCUT2D eigenvalue weighted by atomic mass is 32.1. The molecule has 1 aromatic heterocycles. The number of nitrogens with zero attached hydrogens (tertiary/aromatic N) is 1. The number of amides is 2. The number of ether oxygens (including phenoxy) is 2. The first kappa shape index (κ1) is 16.5. The molecular formula is C16H10F3N3O3S. The number of nitrogens with one attached hydrogen (secondary N) is 2. The number of rotatable bonds is 2. The van der Waals surface area contributed by atoms with Gasteiger partial charge in [0.15, 0.2) is 16.6 Å².